The second-order valence-electron chi connectivity index (χ2n) is 9.58. The van der Waals surface area contributed by atoms with Gasteiger partial charge in [-0.15, -0.1) is 11.8 Å². The van der Waals surface area contributed by atoms with Crippen molar-refractivity contribution >= 4 is 57.7 Å². The van der Waals surface area contributed by atoms with Crippen molar-refractivity contribution in [3.05, 3.63) is 144 Å². The molecular weight excluding hydrogens is 542 g/mol. The second-order valence-corrected chi connectivity index (χ2v) is 10.6. The number of benzene rings is 5. The zero-order chi connectivity index (χ0) is 29.3. The van der Waals surface area contributed by atoms with Crippen molar-refractivity contribution in [3.63, 3.8) is 0 Å². The van der Waals surface area contributed by atoms with Crippen molar-refractivity contribution < 1.29 is 14.4 Å². The third-order valence-electron chi connectivity index (χ3n) is 6.54. The van der Waals surface area contributed by atoms with Gasteiger partial charge in [-0.3, -0.25) is 14.4 Å². The number of aryl methyl sites for hydroxylation is 1. The van der Waals surface area contributed by atoms with Crippen molar-refractivity contribution in [1.29, 1.82) is 0 Å². The molecule has 7 heteroatoms. The van der Waals surface area contributed by atoms with Crippen LogP contribution in [0.25, 0.3) is 16.8 Å². The number of hydrogen-bond acceptors (Lipinski definition) is 4. The zero-order valence-electron chi connectivity index (χ0n) is 23.0. The Kier molecular flexibility index (Phi) is 9.11. The van der Waals surface area contributed by atoms with Crippen LogP contribution in [0.4, 0.5) is 11.4 Å². The van der Waals surface area contributed by atoms with E-state index in [0.717, 1.165) is 32.5 Å². The van der Waals surface area contributed by atoms with Gasteiger partial charge in [0.05, 0.1) is 5.75 Å². The Morgan fingerprint density at radius 1 is 0.738 bits per heavy atom. The summed E-state index contributed by atoms with van der Waals surface area (Å²) in [4.78, 5) is 39.9. The van der Waals surface area contributed by atoms with E-state index in [2.05, 4.69) is 16.0 Å². The first-order valence-corrected chi connectivity index (χ1v) is 14.4. The monoisotopic (exact) mass is 571 g/mol. The number of hydrogen-bond donors (Lipinski definition) is 3. The Labute approximate surface area is 248 Å². The van der Waals surface area contributed by atoms with Crippen LogP contribution in [0.5, 0.6) is 0 Å². The van der Waals surface area contributed by atoms with Crippen LogP contribution in [0.3, 0.4) is 0 Å². The average molecular weight is 572 g/mol. The van der Waals surface area contributed by atoms with Crippen LogP contribution in [0.15, 0.2) is 132 Å². The summed E-state index contributed by atoms with van der Waals surface area (Å²) < 4.78 is 0. The van der Waals surface area contributed by atoms with Gasteiger partial charge in [0.2, 0.25) is 5.91 Å². The van der Waals surface area contributed by atoms with Gasteiger partial charge in [-0.1, -0.05) is 84.9 Å². The van der Waals surface area contributed by atoms with Crippen LogP contribution >= 0.6 is 11.8 Å². The van der Waals surface area contributed by atoms with Crippen LogP contribution in [-0.4, -0.2) is 23.5 Å². The summed E-state index contributed by atoms with van der Waals surface area (Å²) in [6, 6.07) is 37.3. The van der Waals surface area contributed by atoms with Crippen LogP contribution in [0.2, 0.25) is 0 Å². The van der Waals surface area contributed by atoms with Gasteiger partial charge in [0.15, 0.2) is 0 Å². The highest BCUT2D eigenvalue weighted by atomic mass is 32.2. The molecule has 5 aromatic carbocycles. The summed E-state index contributed by atoms with van der Waals surface area (Å²) in [5.41, 5.74) is 3.66. The molecule has 0 aliphatic carbocycles. The third-order valence-corrected chi connectivity index (χ3v) is 7.54. The smallest absolute Gasteiger partial charge is 0.272 e. The summed E-state index contributed by atoms with van der Waals surface area (Å²) in [5, 5.41) is 10.7. The van der Waals surface area contributed by atoms with Gasteiger partial charge in [0.25, 0.3) is 11.8 Å². The fourth-order valence-electron chi connectivity index (χ4n) is 4.38. The molecule has 0 saturated carbocycles. The minimum absolute atomic E-state index is 0.116. The first-order valence-electron chi connectivity index (χ1n) is 13.4. The number of amides is 3. The molecular formula is C35H29N3O3S. The normalized spacial score (nSPS) is 11.1. The SMILES string of the molecule is Cc1ccccc1/C=C(\NC(=O)c1ccccc1)C(=O)Nc1cccc(SCC(=O)Nc2cccc3ccccc23)c1. The molecule has 0 atom stereocenters. The summed E-state index contributed by atoms with van der Waals surface area (Å²) in [6.07, 6.45) is 1.67. The fraction of sp³-hybridized carbons (Fsp3) is 0.0571. The van der Waals surface area contributed by atoms with Crippen LogP contribution in [0.1, 0.15) is 21.5 Å². The first-order chi connectivity index (χ1) is 20.5. The molecule has 0 fully saturated rings. The molecule has 5 rings (SSSR count). The van der Waals surface area contributed by atoms with Gasteiger partial charge in [0.1, 0.15) is 5.70 Å². The molecule has 3 N–H and O–H groups in total. The van der Waals surface area contributed by atoms with Gasteiger partial charge >= 0.3 is 0 Å². The molecule has 5 aromatic rings. The number of nitrogens with one attached hydrogen (secondary N) is 3. The Balaban J connectivity index is 1.27. The van der Waals surface area contributed by atoms with E-state index in [4.69, 9.17) is 0 Å². The highest BCUT2D eigenvalue weighted by Gasteiger charge is 2.16. The Morgan fingerprint density at radius 3 is 2.29 bits per heavy atom. The second kappa shape index (κ2) is 13.5. The molecule has 0 aromatic heterocycles. The maximum atomic E-state index is 13.4. The lowest BCUT2D eigenvalue weighted by Gasteiger charge is -2.13. The molecule has 42 heavy (non-hydrogen) atoms. The molecule has 0 unspecified atom stereocenters. The minimum atomic E-state index is -0.460. The summed E-state index contributed by atoms with van der Waals surface area (Å²) >= 11 is 1.37. The summed E-state index contributed by atoms with van der Waals surface area (Å²) in [6.45, 7) is 1.94. The van der Waals surface area contributed by atoms with Gasteiger partial charge in [-0.2, -0.15) is 0 Å². The Hall–Kier alpha value is -5.14. The van der Waals surface area contributed by atoms with E-state index in [-0.39, 0.29) is 23.3 Å². The van der Waals surface area contributed by atoms with E-state index in [9.17, 15) is 14.4 Å². The minimum Gasteiger partial charge on any atom is -0.325 e. The quantitative estimate of drug-likeness (QED) is 0.128. The van der Waals surface area contributed by atoms with E-state index in [0.29, 0.717) is 11.3 Å². The van der Waals surface area contributed by atoms with Crippen molar-refractivity contribution in [2.75, 3.05) is 16.4 Å². The highest BCUT2D eigenvalue weighted by Crippen LogP contribution is 2.25. The molecule has 0 radical (unpaired) electrons. The first kappa shape index (κ1) is 28.4. The molecule has 0 spiro atoms. The van der Waals surface area contributed by atoms with E-state index >= 15 is 0 Å². The number of carbonyl (C=O) groups excluding carboxylic acids is 3. The van der Waals surface area contributed by atoms with Gasteiger partial charge in [0, 0.05) is 27.2 Å². The van der Waals surface area contributed by atoms with E-state index in [1.807, 2.05) is 91.9 Å². The summed E-state index contributed by atoms with van der Waals surface area (Å²) in [7, 11) is 0. The van der Waals surface area contributed by atoms with Gasteiger partial charge in [-0.25, -0.2) is 0 Å². The summed E-state index contributed by atoms with van der Waals surface area (Å²) in [5.74, 6) is -0.769. The predicted octanol–water partition coefficient (Wildman–Crippen LogP) is 7.29. The predicted molar refractivity (Wildman–Crippen MR) is 171 cm³/mol. The number of carbonyl (C=O) groups is 3. The van der Waals surface area contributed by atoms with E-state index in [1.54, 1.807) is 42.5 Å². The maximum absolute atomic E-state index is 13.4. The lowest BCUT2D eigenvalue weighted by Crippen LogP contribution is -2.30. The number of fused-ring (bicyclic) bond motifs is 1. The Bertz CT molecular complexity index is 1780. The largest absolute Gasteiger partial charge is 0.325 e. The number of anilines is 2. The van der Waals surface area contributed by atoms with Gasteiger partial charge in [-0.05, 0) is 65.9 Å². The van der Waals surface area contributed by atoms with Crippen molar-refractivity contribution in [2.45, 2.75) is 11.8 Å². The molecule has 0 heterocycles. The van der Waals surface area contributed by atoms with Crippen molar-refractivity contribution in [1.82, 2.24) is 5.32 Å². The molecule has 0 aliphatic rings. The van der Waals surface area contributed by atoms with Gasteiger partial charge < -0.3 is 16.0 Å². The lowest BCUT2D eigenvalue weighted by molar-refractivity contribution is -0.114. The van der Waals surface area contributed by atoms with Crippen LogP contribution in [0, 0.1) is 6.92 Å². The standard InChI is InChI=1S/C35H29N3O3S/c1-24-11-5-6-15-27(24)21-32(38-34(40)26-13-3-2-4-14-26)35(41)36-28-17-10-18-29(22-28)42-23-33(39)37-31-20-9-16-25-12-7-8-19-30(25)31/h2-22H,23H2,1H3,(H,36,41)(H,37,39)(H,38,40)/b32-21-. The average Bonchev–Trinajstić information content (AvgIpc) is 3.01. The molecule has 3 amide bonds. The molecule has 0 aliphatic heterocycles. The molecule has 0 saturated heterocycles. The number of thioether (sulfide) groups is 1. The molecule has 6 nitrogen and oxygen atoms in total. The van der Waals surface area contributed by atoms with Crippen molar-refractivity contribution in [2.24, 2.45) is 0 Å². The topological polar surface area (TPSA) is 87.3 Å². The molecule has 0 bridgehead atoms. The van der Waals surface area contributed by atoms with Crippen molar-refractivity contribution in [3.8, 4) is 0 Å². The highest BCUT2D eigenvalue weighted by molar-refractivity contribution is 8.00. The third kappa shape index (κ3) is 7.33. The molecule has 208 valence electrons. The zero-order valence-corrected chi connectivity index (χ0v) is 23.8. The van der Waals surface area contributed by atoms with Crippen LogP contribution in [-0.2, 0) is 9.59 Å². The fourth-order valence-corrected chi connectivity index (χ4v) is 5.13. The lowest BCUT2D eigenvalue weighted by atomic mass is 10.1. The van der Waals surface area contributed by atoms with Crippen LogP contribution < -0.4 is 16.0 Å². The number of rotatable bonds is 9. The van der Waals surface area contributed by atoms with E-state index in [1.165, 1.54) is 11.8 Å². The Morgan fingerprint density at radius 2 is 1.45 bits per heavy atom. The maximum Gasteiger partial charge on any atom is 0.272 e. The van der Waals surface area contributed by atoms with E-state index < -0.39 is 5.91 Å².